The molecule has 1 aliphatic heterocycles. The molecule has 2 aromatic rings. The lowest BCUT2D eigenvalue weighted by atomic mass is 10.1. The number of rotatable bonds is 4. The van der Waals surface area contributed by atoms with Crippen molar-refractivity contribution in [3.63, 3.8) is 0 Å². The quantitative estimate of drug-likeness (QED) is 0.939. The smallest absolute Gasteiger partial charge is 0.151 e. The molecule has 2 heterocycles. The fourth-order valence-corrected chi connectivity index (χ4v) is 2.48. The number of nitrogen functional groups attached to an aromatic ring is 1. The highest BCUT2D eigenvalue weighted by atomic mass is 16.5. The van der Waals surface area contributed by atoms with Gasteiger partial charge < -0.3 is 15.2 Å². The van der Waals surface area contributed by atoms with E-state index in [2.05, 4.69) is 18.9 Å². The zero-order valence-electron chi connectivity index (χ0n) is 12.5. The molecule has 3 rings (SSSR count). The minimum atomic E-state index is 0.199. The maximum Gasteiger partial charge on any atom is 0.151 e. The number of anilines is 1. The number of hydrogen-bond donors (Lipinski definition) is 1. The Balaban J connectivity index is 1.95. The zero-order chi connectivity index (χ0) is 14.8. The average Bonchev–Trinajstić information content (AvgIpc) is 2.85. The van der Waals surface area contributed by atoms with Crippen LogP contribution >= 0.6 is 0 Å². The monoisotopic (exact) mass is 287 g/mol. The van der Waals surface area contributed by atoms with Crippen molar-refractivity contribution in [3.8, 4) is 11.4 Å². The molecule has 1 atom stereocenters. The van der Waals surface area contributed by atoms with Crippen molar-refractivity contribution in [2.75, 3.05) is 12.3 Å². The molecule has 2 N–H and O–H groups in total. The molecule has 112 valence electrons. The molecule has 1 aromatic heterocycles. The van der Waals surface area contributed by atoms with E-state index in [4.69, 9.17) is 15.2 Å². The Morgan fingerprint density at radius 2 is 2.33 bits per heavy atom. The lowest BCUT2D eigenvalue weighted by molar-refractivity contribution is 0.110. The van der Waals surface area contributed by atoms with Crippen molar-refractivity contribution in [1.82, 2.24) is 9.78 Å². The molecule has 0 saturated heterocycles. The number of ether oxygens (including phenoxy) is 2. The van der Waals surface area contributed by atoms with E-state index in [1.54, 1.807) is 0 Å². The molecule has 0 bridgehead atoms. The van der Waals surface area contributed by atoms with Gasteiger partial charge in [0, 0.05) is 18.1 Å². The van der Waals surface area contributed by atoms with Crippen molar-refractivity contribution in [2.45, 2.75) is 39.4 Å². The summed E-state index contributed by atoms with van der Waals surface area (Å²) >= 11 is 0. The van der Waals surface area contributed by atoms with Gasteiger partial charge in [-0.3, -0.25) is 0 Å². The number of benzene rings is 1. The van der Waals surface area contributed by atoms with Crippen molar-refractivity contribution in [2.24, 2.45) is 0 Å². The van der Waals surface area contributed by atoms with Gasteiger partial charge in [0.15, 0.2) is 5.82 Å². The summed E-state index contributed by atoms with van der Waals surface area (Å²) in [5.41, 5.74) is 9.12. The maximum atomic E-state index is 6.00. The van der Waals surface area contributed by atoms with Gasteiger partial charge in [-0.1, -0.05) is 13.0 Å². The summed E-state index contributed by atoms with van der Waals surface area (Å²) in [7, 11) is 0. The van der Waals surface area contributed by atoms with Gasteiger partial charge in [-0.25, -0.2) is 4.68 Å². The van der Waals surface area contributed by atoms with E-state index in [1.165, 1.54) is 0 Å². The SMILES string of the molecule is CCC(C)Oc1cccc(-n2nc(N)c3c2CCOC3)c1. The molecule has 0 aliphatic carbocycles. The molecular formula is C16H21N3O2. The lowest BCUT2D eigenvalue weighted by Crippen LogP contribution is -2.13. The minimum Gasteiger partial charge on any atom is -0.491 e. The van der Waals surface area contributed by atoms with E-state index in [9.17, 15) is 0 Å². The number of nitrogens with zero attached hydrogens (tertiary/aromatic N) is 2. The number of fused-ring (bicyclic) bond motifs is 1. The van der Waals surface area contributed by atoms with Crippen LogP contribution in [0.4, 0.5) is 5.82 Å². The summed E-state index contributed by atoms with van der Waals surface area (Å²) in [6, 6.07) is 7.98. The molecule has 5 heteroatoms. The Morgan fingerprint density at radius 1 is 1.48 bits per heavy atom. The first-order valence-electron chi connectivity index (χ1n) is 7.40. The first-order valence-corrected chi connectivity index (χ1v) is 7.40. The second kappa shape index (κ2) is 5.77. The molecule has 0 amide bonds. The van der Waals surface area contributed by atoms with Gasteiger partial charge in [-0.15, -0.1) is 0 Å². The second-order valence-electron chi connectivity index (χ2n) is 5.36. The molecule has 1 unspecified atom stereocenters. The van der Waals surface area contributed by atoms with Crippen LogP contribution in [0.1, 0.15) is 31.5 Å². The Hall–Kier alpha value is -2.01. The first-order chi connectivity index (χ1) is 10.2. The third-order valence-corrected chi connectivity index (χ3v) is 3.82. The summed E-state index contributed by atoms with van der Waals surface area (Å²) in [6.45, 7) is 5.43. The van der Waals surface area contributed by atoms with Gasteiger partial charge in [0.05, 0.1) is 30.7 Å². The highest BCUT2D eigenvalue weighted by molar-refractivity contribution is 5.49. The molecular weight excluding hydrogens is 266 g/mol. The fourth-order valence-electron chi connectivity index (χ4n) is 2.48. The predicted molar refractivity (Wildman–Crippen MR) is 81.7 cm³/mol. The largest absolute Gasteiger partial charge is 0.491 e. The highest BCUT2D eigenvalue weighted by Crippen LogP contribution is 2.27. The molecule has 5 nitrogen and oxygen atoms in total. The number of nitrogens with two attached hydrogens (primary N) is 1. The molecule has 1 aliphatic rings. The lowest BCUT2D eigenvalue weighted by Gasteiger charge is -2.16. The van der Waals surface area contributed by atoms with E-state index < -0.39 is 0 Å². The van der Waals surface area contributed by atoms with Gasteiger partial charge in [0.25, 0.3) is 0 Å². The molecule has 0 saturated carbocycles. The van der Waals surface area contributed by atoms with Crippen molar-refractivity contribution >= 4 is 5.82 Å². The van der Waals surface area contributed by atoms with Crippen LogP contribution in [0.25, 0.3) is 5.69 Å². The van der Waals surface area contributed by atoms with Crippen LogP contribution < -0.4 is 10.5 Å². The van der Waals surface area contributed by atoms with Crippen LogP contribution in [0.15, 0.2) is 24.3 Å². The maximum absolute atomic E-state index is 6.00. The number of hydrogen-bond acceptors (Lipinski definition) is 4. The molecule has 0 spiro atoms. The molecule has 0 radical (unpaired) electrons. The van der Waals surface area contributed by atoms with E-state index in [1.807, 2.05) is 28.9 Å². The summed E-state index contributed by atoms with van der Waals surface area (Å²) < 4.78 is 13.3. The van der Waals surface area contributed by atoms with E-state index >= 15 is 0 Å². The summed E-state index contributed by atoms with van der Waals surface area (Å²) in [5.74, 6) is 1.41. The molecule has 1 aromatic carbocycles. The second-order valence-corrected chi connectivity index (χ2v) is 5.36. The highest BCUT2D eigenvalue weighted by Gasteiger charge is 2.20. The zero-order valence-corrected chi connectivity index (χ0v) is 12.5. The summed E-state index contributed by atoms with van der Waals surface area (Å²) in [6.07, 6.45) is 2.01. The van der Waals surface area contributed by atoms with Crippen LogP contribution in [-0.4, -0.2) is 22.5 Å². The third-order valence-electron chi connectivity index (χ3n) is 3.82. The van der Waals surface area contributed by atoms with Crippen LogP contribution in [0, 0.1) is 0 Å². The normalized spacial score (nSPS) is 15.5. The minimum absolute atomic E-state index is 0.199. The standard InChI is InChI=1S/C16H21N3O2/c1-3-11(2)21-13-6-4-5-12(9-13)19-15-7-8-20-10-14(15)16(17)18-19/h4-6,9,11H,3,7-8,10H2,1-2H3,(H2,17,18). The molecule has 0 fully saturated rings. The summed E-state index contributed by atoms with van der Waals surface area (Å²) in [4.78, 5) is 0. The van der Waals surface area contributed by atoms with E-state index in [-0.39, 0.29) is 6.10 Å². The average molecular weight is 287 g/mol. The van der Waals surface area contributed by atoms with Crippen LogP contribution in [0.2, 0.25) is 0 Å². The van der Waals surface area contributed by atoms with Crippen LogP contribution in [0.5, 0.6) is 5.75 Å². The Kier molecular flexibility index (Phi) is 3.84. The Morgan fingerprint density at radius 3 is 3.14 bits per heavy atom. The van der Waals surface area contributed by atoms with Gasteiger partial charge in [-0.2, -0.15) is 5.10 Å². The van der Waals surface area contributed by atoms with Crippen molar-refractivity contribution in [1.29, 1.82) is 0 Å². The van der Waals surface area contributed by atoms with E-state index in [0.717, 1.165) is 35.5 Å². The first kappa shape index (κ1) is 13.9. The van der Waals surface area contributed by atoms with Crippen LogP contribution in [-0.2, 0) is 17.8 Å². The van der Waals surface area contributed by atoms with Gasteiger partial charge in [0.2, 0.25) is 0 Å². The van der Waals surface area contributed by atoms with E-state index in [0.29, 0.717) is 19.0 Å². The Bertz CT molecular complexity index is 636. The third kappa shape index (κ3) is 2.74. The van der Waals surface area contributed by atoms with Gasteiger partial charge in [0.1, 0.15) is 5.75 Å². The van der Waals surface area contributed by atoms with Crippen molar-refractivity contribution < 1.29 is 9.47 Å². The Labute approximate surface area is 124 Å². The van der Waals surface area contributed by atoms with Crippen LogP contribution in [0.3, 0.4) is 0 Å². The summed E-state index contributed by atoms with van der Waals surface area (Å²) in [5, 5.41) is 4.46. The van der Waals surface area contributed by atoms with Gasteiger partial charge in [-0.05, 0) is 25.5 Å². The predicted octanol–water partition coefficient (Wildman–Crippen LogP) is 2.70. The molecule has 21 heavy (non-hydrogen) atoms. The van der Waals surface area contributed by atoms with Crippen molar-refractivity contribution in [3.05, 3.63) is 35.5 Å². The number of aromatic nitrogens is 2. The topological polar surface area (TPSA) is 62.3 Å². The van der Waals surface area contributed by atoms with Gasteiger partial charge >= 0.3 is 0 Å². The fraction of sp³-hybridized carbons (Fsp3) is 0.438.